The van der Waals surface area contributed by atoms with Gasteiger partial charge in [0.2, 0.25) is 0 Å². The largest absolute Gasteiger partial charge is 0.490 e. The molecule has 0 heterocycles. The highest BCUT2D eigenvalue weighted by Gasteiger charge is 2.14. The molecule has 0 fully saturated rings. The third-order valence-electron chi connectivity index (χ3n) is 3.91. The minimum atomic E-state index is -0.295. The van der Waals surface area contributed by atoms with E-state index in [1.165, 1.54) is 0 Å². The zero-order valence-electron chi connectivity index (χ0n) is 15.8. The van der Waals surface area contributed by atoms with E-state index in [0.717, 1.165) is 0 Å². The van der Waals surface area contributed by atoms with Gasteiger partial charge in [0, 0.05) is 16.9 Å². The number of carbonyl (C=O) groups is 2. The van der Waals surface area contributed by atoms with E-state index in [4.69, 9.17) is 4.74 Å². The monoisotopic (exact) mass is 374 g/mol. The van der Waals surface area contributed by atoms with E-state index in [-0.39, 0.29) is 17.9 Å². The van der Waals surface area contributed by atoms with Gasteiger partial charge in [0.15, 0.2) is 0 Å². The van der Waals surface area contributed by atoms with Crippen LogP contribution in [0.1, 0.15) is 34.6 Å². The van der Waals surface area contributed by atoms with Crippen LogP contribution in [0.25, 0.3) is 0 Å². The highest BCUT2D eigenvalue weighted by Crippen LogP contribution is 2.21. The molecule has 0 bridgehead atoms. The van der Waals surface area contributed by atoms with Crippen LogP contribution in [0.5, 0.6) is 5.75 Å². The number of hydrogen-bond acceptors (Lipinski definition) is 3. The Bertz CT molecular complexity index is 968. The summed E-state index contributed by atoms with van der Waals surface area (Å²) in [5.41, 5.74) is 2.13. The molecule has 0 aliphatic heterocycles. The van der Waals surface area contributed by atoms with E-state index in [1.54, 1.807) is 42.5 Å². The van der Waals surface area contributed by atoms with Gasteiger partial charge in [-0.05, 0) is 56.3 Å². The van der Waals surface area contributed by atoms with Gasteiger partial charge in [0.1, 0.15) is 5.75 Å². The smallest absolute Gasteiger partial charge is 0.259 e. The maximum absolute atomic E-state index is 12.7. The number of amides is 2. The van der Waals surface area contributed by atoms with E-state index in [9.17, 15) is 9.59 Å². The third kappa shape index (κ3) is 4.98. The quantitative estimate of drug-likeness (QED) is 0.639. The van der Waals surface area contributed by atoms with Gasteiger partial charge in [-0.25, -0.2) is 0 Å². The minimum Gasteiger partial charge on any atom is -0.490 e. The molecule has 0 saturated heterocycles. The molecule has 0 aromatic heterocycles. The Morgan fingerprint density at radius 1 is 0.750 bits per heavy atom. The van der Waals surface area contributed by atoms with E-state index >= 15 is 0 Å². The first-order chi connectivity index (χ1) is 13.5. The van der Waals surface area contributed by atoms with Crippen LogP contribution in [0.15, 0.2) is 78.9 Å². The van der Waals surface area contributed by atoms with Crippen molar-refractivity contribution < 1.29 is 14.3 Å². The van der Waals surface area contributed by atoms with Gasteiger partial charge in [0.25, 0.3) is 11.8 Å². The second-order valence-corrected chi connectivity index (χ2v) is 6.52. The van der Waals surface area contributed by atoms with Crippen LogP contribution >= 0.6 is 0 Å². The zero-order valence-corrected chi connectivity index (χ0v) is 15.8. The molecule has 0 unspecified atom stereocenters. The summed E-state index contributed by atoms with van der Waals surface area (Å²) >= 11 is 0. The van der Waals surface area contributed by atoms with Crippen LogP contribution < -0.4 is 15.4 Å². The van der Waals surface area contributed by atoms with Gasteiger partial charge in [0.05, 0.1) is 11.7 Å². The molecule has 2 amide bonds. The number of nitrogens with one attached hydrogen (secondary N) is 2. The van der Waals surface area contributed by atoms with Crippen LogP contribution in [-0.2, 0) is 0 Å². The fraction of sp³-hybridized carbons (Fsp3) is 0.130. The lowest BCUT2D eigenvalue weighted by molar-refractivity contribution is 0.101. The average Bonchev–Trinajstić information content (AvgIpc) is 2.69. The van der Waals surface area contributed by atoms with Crippen molar-refractivity contribution in [2.45, 2.75) is 20.0 Å². The molecule has 0 aliphatic carbocycles. The molecule has 3 aromatic rings. The number of benzene rings is 3. The Hall–Kier alpha value is -3.60. The van der Waals surface area contributed by atoms with Crippen molar-refractivity contribution in [1.29, 1.82) is 0 Å². The fourth-order valence-electron chi connectivity index (χ4n) is 2.67. The van der Waals surface area contributed by atoms with Crippen LogP contribution in [0, 0.1) is 0 Å². The second kappa shape index (κ2) is 8.86. The predicted molar refractivity (Wildman–Crippen MR) is 111 cm³/mol. The Morgan fingerprint density at radius 3 is 2.14 bits per heavy atom. The van der Waals surface area contributed by atoms with Crippen LogP contribution in [-0.4, -0.2) is 17.9 Å². The molecular weight excluding hydrogens is 352 g/mol. The second-order valence-electron chi connectivity index (χ2n) is 6.52. The Balaban J connectivity index is 1.74. The average molecular weight is 374 g/mol. The summed E-state index contributed by atoms with van der Waals surface area (Å²) in [5.74, 6) is -0.0179. The van der Waals surface area contributed by atoms with Crippen molar-refractivity contribution in [3.63, 3.8) is 0 Å². The van der Waals surface area contributed by atoms with Crippen LogP contribution in [0.3, 0.4) is 0 Å². The summed E-state index contributed by atoms with van der Waals surface area (Å²) in [6.45, 7) is 3.81. The topological polar surface area (TPSA) is 67.4 Å². The number of carbonyl (C=O) groups excluding carboxylic acids is 2. The maximum atomic E-state index is 12.7. The molecule has 142 valence electrons. The van der Waals surface area contributed by atoms with E-state index < -0.39 is 0 Å². The normalized spacial score (nSPS) is 10.4. The lowest BCUT2D eigenvalue weighted by Crippen LogP contribution is -2.16. The highest BCUT2D eigenvalue weighted by atomic mass is 16.5. The molecule has 0 aliphatic rings. The lowest BCUT2D eigenvalue weighted by atomic mass is 10.1. The zero-order chi connectivity index (χ0) is 19.9. The maximum Gasteiger partial charge on any atom is 0.259 e. The molecule has 0 atom stereocenters. The van der Waals surface area contributed by atoms with Crippen molar-refractivity contribution in [3.05, 3.63) is 90.0 Å². The van der Waals surface area contributed by atoms with Crippen molar-refractivity contribution in [3.8, 4) is 5.75 Å². The minimum absolute atomic E-state index is 0.0426. The van der Waals surface area contributed by atoms with Gasteiger partial charge in [-0.1, -0.05) is 36.4 Å². The molecular formula is C23H22N2O3. The molecule has 5 nitrogen and oxygen atoms in total. The fourth-order valence-corrected chi connectivity index (χ4v) is 2.67. The number of hydrogen-bond donors (Lipinski definition) is 2. The standard InChI is InChI=1S/C23H22N2O3/c1-16(2)28-21-14-7-6-13-20(21)23(27)25-19-12-8-9-17(15-19)22(26)24-18-10-4-3-5-11-18/h3-16H,1-2H3,(H,24,26)(H,25,27). The van der Waals surface area contributed by atoms with Crippen molar-refractivity contribution in [2.75, 3.05) is 10.6 Å². The van der Waals surface area contributed by atoms with Gasteiger partial charge in [-0.3, -0.25) is 9.59 Å². The number of anilines is 2. The lowest BCUT2D eigenvalue weighted by Gasteiger charge is -2.14. The summed E-state index contributed by atoms with van der Waals surface area (Å²) in [5, 5.41) is 5.66. The number of para-hydroxylation sites is 2. The van der Waals surface area contributed by atoms with E-state index in [1.807, 2.05) is 50.2 Å². The van der Waals surface area contributed by atoms with Crippen LogP contribution in [0.2, 0.25) is 0 Å². The van der Waals surface area contributed by atoms with Gasteiger partial charge in [-0.15, -0.1) is 0 Å². The van der Waals surface area contributed by atoms with Gasteiger partial charge < -0.3 is 15.4 Å². The molecule has 0 radical (unpaired) electrons. The SMILES string of the molecule is CC(C)Oc1ccccc1C(=O)Nc1cccc(C(=O)Nc2ccccc2)c1. The van der Waals surface area contributed by atoms with Crippen molar-refractivity contribution >= 4 is 23.2 Å². The summed E-state index contributed by atoms with van der Waals surface area (Å²) < 4.78 is 5.71. The van der Waals surface area contributed by atoms with E-state index in [2.05, 4.69) is 10.6 Å². The first-order valence-electron chi connectivity index (χ1n) is 9.06. The van der Waals surface area contributed by atoms with Gasteiger partial charge in [-0.2, -0.15) is 0 Å². The number of rotatable bonds is 6. The summed E-state index contributed by atoms with van der Waals surface area (Å²) in [7, 11) is 0. The van der Waals surface area contributed by atoms with E-state index in [0.29, 0.717) is 28.3 Å². The number of ether oxygens (including phenoxy) is 1. The molecule has 3 aromatic carbocycles. The summed E-state index contributed by atoms with van der Waals surface area (Å²) in [6, 6.07) is 23.1. The molecule has 5 heteroatoms. The first kappa shape index (κ1) is 19.2. The highest BCUT2D eigenvalue weighted by molar-refractivity contribution is 6.08. The van der Waals surface area contributed by atoms with Crippen molar-refractivity contribution in [1.82, 2.24) is 0 Å². The Labute approximate surface area is 164 Å². The first-order valence-corrected chi connectivity index (χ1v) is 9.06. The Kier molecular flexibility index (Phi) is 6.07. The van der Waals surface area contributed by atoms with Crippen molar-refractivity contribution in [2.24, 2.45) is 0 Å². The molecule has 0 saturated carbocycles. The Morgan fingerprint density at radius 2 is 1.39 bits per heavy atom. The predicted octanol–water partition coefficient (Wildman–Crippen LogP) is 4.98. The molecule has 3 rings (SSSR count). The van der Waals surface area contributed by atoms with Gasteiger partial charge >= 0.3 is 0 Å². The third-order valence-corrected chi connectivity index (χ3v) is 3.91. The summed E-state index contributed by atoms with van der Waals surface area (Å²) in [4.78, 5) is 25.2. The molecule has 2 N–H and O–H groups in total. The summed E-state index contributed by atoms with van der Waals surface area (Å²) in [6.07, 6.45) is -0.0426. The molecule has 28 heavy (non-hydrogen) atoms. The van der Waals surface area contributed by atoms with Crippen LogP contribution in [0.4, 0.5) is 11.4 Å². The molecule has 0 spiro atoms.